The third-order valence-electron chi connectivity index (χ3n) is 4.02. The van der Waals surface area contributed by atoms with Gasteiger partial charge in [0.15, 0.2) is 0 Å². The second-order valence-electron chi connectivity index (χ2n) is 5.65. The molecule has 0 aliphatic heterocycles. The van der Waals surface area contributed by atoms with Crippen LogP contribution in [0, 0.1) is 23.0 Å². The maximum atomic E-state index is 12.3. The van der Waals surface area contributed by atoms with Gasteiger partial charge in [-0.1, -0.05) is 25.8 Å². The molecule has 5 nitrogen and oxygen atoms in total. The van der Waals surface area contributed by atoms with Gasteiger partial charge in [0.1, 0.15) is 0 Å². The quantitative estimate of drug-likeness (QED) is 0.680. The number of nitrogens with zero attached hydrogens (tertiary/aromatic N) is 1. The molecule has 0 heterocycles. The van der Waals surface area contributed by atoms with E-state index in [-0.39, 0.29) is 17.6 Å². The third-order valence-corrected chi connectivity index (χ3v) is 4.02. The van der Waals surface area contributed by atoms with E-state index in [2.05, 4.69) is 12.2 Å². The number of rotatable bonds is 3. The second-order valence-corrected chi connectivity index (χ2v) is 5.65. The summed E-state index contributed by atoms with van der Waals surface area (Å²) < 4.78 is 0. The van der Waals surface area contributed by atoms with E-state index in [9.17, 15) is 14.9 Å². The highest BCUT2D eigenvalue weighted by Gasteiger charge is 2.23. The Morgan fingerprint density at radius 2 is 2.15 bits per heavy atom. The van der Waals surface area contributed by atoms with Gasteiger partial charge in [-0.25, -0.2) is 0 Å². The first-order valence-electron chi connectivity index (χ1n) is 7.04. The van der Waals surface area contributed by atoms with Crippen LogP contribution >= 0.6 is 0 Å². The molecule has 1 saturated carbocycles. The van der Waals surface area contributed by atoms with Gasteiger partial charge in [0, 0.05) is 23.2 Å². The summed E-state index contributed by atoms with van der Waals surface area (Å²) in [5.41, 5.74) is 0.825. The minimum atomic E-state index is -0.450. The van der Waals surface area contributed by atoms with Crippen LogP contribution in [-0.2, 0) is 0 Å². The molecule has 0 radical (unpaired) electrons. The lowest BCUT2D eigenvalue weighted by Gasteiger charge is -2.27. The molecule has 0 aromatic heterocycles. The molecule has 1 aliphatic carbocycles. The number of carbonyl (C=O) groups excluding carboxylic acids is 1. The zero-order chi connectivity index (χ0) is 14.7. The Labute approximate surface area is 118 Å². The van der Waals surface area contributed by atoms with Crippen molar-refractivity contribution in [1.29, 1.82) is 0 Å². The summed E-state index contributed by atoms with van der Waals surface area (Å²) in [4.78, 5) is 22.7. The van der Waals surface area contributed by atoms with Crippen molar-refractivity contribution >= 4 is 11.6 Å². The van der Waals surface area contributed by atoms with Crippen LogP contribution in [0.2, 0.25) is 0 Å². The smallest absolute Gasteiger partial charge is 0.273 e. The van der Waals surface area contributed by atoms with E-state index in [1.54, 1.807) is 19.1 Å². The van der Waals surface area contributed by atoms with Crippen LogP contribution in [0.5, 0.6) is 0 Å². The largest absolute Gasteiger partial charge is 0.349 e. The third kappa shape index (κ3) is 3.15. The number of nitro groups is 1. The van der Waals surface area contributed by atoms with E-state index >= 15 is 0 Å². The molecule has 5 heteroatoms. The van der Waals surface area contributed by atoms with Gasteiger partial charge in [-0.15, -0.1) is 0 Å². The van der Waals surface area contributed by atoms with Gasteiger partial charge in [-0.2, -0.15) is 0 Å². The minimum absolute atomic E-state index is 0.00494. The first-order valence-corrected chi connectivity index (χ1v) is 7.04. The molecule has 1 aromatic rings. The number of benzene rings is 1. The van der Waals surface area contributed by atoms with Crippen molar-refractivity contribution in [2.75, 3.05) is 0 Å². The Morgan fingerprint density at radius 1 is 1.40 bits per heavy atom. The SMILES string of the molecule is Cc1c(C(=O)NC2CCCC(C)C2)cccc1[N+](=O)[O-]. The second kappa shape index (κ2) is 6.03. The topological polar surface area (TPSA) is 72.2 Å². The number of carbonyl (C=O) groups is 1. The van der Waals surface area contributed by atoms with E-state index in [0.717, 1.165) is 19.3 Å². The van der Waals surface area contributed by atoms with Crippen LogP contribution in [0.4, 0.5) is 5.69 Å². The lowest BCUT2D eigenvalue weighted by atomic mass is 9.87. The van der Waals surface area contributed by atoms with Crippen molar-refractivity contribution in [2.24, 2.45) is 5.92 Å². The fourth-order valence-electron chi connectivity index (χ4n) is 2.90. The zero-order valence-corrected chi connectivity index (χ0v) is 11.9. The van der Waals surface area contributed by atoms with Gasteiger partial charge in [-0.05, 0) is 31.7 Å². The average molecular weight is 276 g/mol. The highest BCUT2D eigenvalue weighted by molar-refractivity contribution is 5.96. The number of nitro benzene ring substituents is 1. The van der Waals surface area contributed by atoms with Crippen LogP contribution in [0.25, 0.3) is 0 Å². The maximum Gasteiger partial charge on any atom is 0.273 e. The van der Waals surface area contributed by atoms with Gasteiger partial charge in [0.25, 0.3) is 11.6 Å². The first kappa shape index (κ1) is 14.5. The number of amides is 1. The fourth-order valence-corrected chi connectivity index (χ4v) is 2.90. The Hall–Kier alpha value is -1.91. The van der Waals surface area contributed by atoms with Gasteiger partial charge in [0.2, 0.25) is 0 Å². The van der Waals surface area contributed by atoms with Crippen molar-refractivity contribution in [1.82, 2.24) is 5.32 Å². The van der Waals surface area contributed by atoms with E-state index in [1.165, 1.54) is 12.5 Å². The zero-order valence-electron chi connectivity index (χ0n) is 11.9. The summed E-state index contributed by atoms with van der Waals surface area (Å²) in [5.74, 6) is 0.422. The molecule has 1 aromatic carbocycles. The number of nitrogens with one attached hydrogen (secondary N) is 1. The molecule has 2 unspecified atom stereocenters. The summed E-state index contributed by atoms with van der Waals surface area (Å²) in [5, 5.41) is 13.9. The van der Waals surface area contributed by atoms with E-state index < -0.39 is 4.92 Å². The molecule has 1 amide bonds. The average Bonchev–Trinajstić information content (AvgIpc) is 2.38. The predicted octanol–water partition coefficient (Wildman–Crippen LogP) is 3.21. The lowest BCUT2D eigenvalue weighted by molar-refractivity contribution is -0.385. The Kier molecular flexibility index (Phi) is 4.37. The molecule has 1 N–H and O–H groups in total. The number of hydrogen-bond acceptors (Lipinski definition) is 3. The van der Waals surface area contributed by atoms with E-state index in [0.29, 0.717) is 17.0 Å². The summed E-state index contributed by atoms with van der Waals surface area (Å²) in [7, 11) is 0. The highest BCUT2D eigenvalue weighted by atomic mass is 16.6. The predicted molar refractivity (Wildman–Crippen MR) is 76.7 cm³/mol. The molecule has 108 valence electrons. The lowest BCUT2D eigenvalue weighted by Crippen LogP contribution is -2.38. The van der Waals surface area contributed by atoms with Crippen LogP contribution in [0.3, 0.4) is 0 Å². The van der Waals surface area contributed by atoms with Gasteiger partial charge in [0.05, 0.1) is 4.92 Å². The monoisotopic (exact) mass is 276 g/mol. The summed E-state index contributed by atoms with van der Waals surface area (Å²) in [6.45, 7) is 3.81. The Morgan fingerprint density at radius 3 is 2.80 bits per heavy atom. The molecular weight excluding hydrogens is 256 g/mol. The van der Waals surface area contributed by atoms with Crippen LogP contribution in [-0.4, -0.2) is 16.9 Å². The van der Waals surface area contributed by atoms with Crippen molar-refractivity contribution < 1.29 is 9.72 Å². The number of hydrogen-bond donors (Lipinski definition) is 1. The van der Waals surface area contributed by atoms with Crippen LogP contribution in [0.1, 0.15) is 48.5 Å². The summed E-state index contributed by atoms with van der Waals surface area (Å²) in [6, 6.07) is 4.81. The van der Waals surface area contributed by atoms with Crippen molar-refractivity contribution in [3.63, 3.8) is 0 Å². The molecule has 1 fully saturated rings. The van der Waals surface area contributed by atoms with Crippen LogP contribution < -0.4 is 5.32 Å². The highest BCUT2D eigenvalue weighted by Crippen LogP contribution is 2.25. The van der Waals surface area contributed by atoms with E-state index in [1.807, 2.05) is 0 Å². The molecule has 1 aliphatic rings. The standard InChI is InChI=1S/C15H20N2O3/c1-10-5-3-6-12(9-10)16-15(18)13-7-4-8-14(11(13)2)17(19)20/h4,7-8,10,12H,3,5-6,9H2,1-2H3,(H,16,18). The summed E-state index contributed by atoms with van der Waals surface area (Å²) in [6.07, 6.45) is 4.31. The molecule has 2 atom stereocenters. The molecule has 0 spiro atoms. The molecular formula is C15H20N2O3. The van der Waals surface area contributed by atoms with Crippen LogP contribution in [0.15, 0.2) is 18.2 Å². The molecule has 2 rings (SSSR count). The van der Waals surface area contributed by atoms with E-state index in [4.69, 9.17) is 0 Å². The van der Waals surface area contributed by atoms with Gasteiger partial charge < -0.3 is 5.32 Å². The van der Waals surface area contributed by atoms with Crippen molar-refractivity contribution in [2.45, 2.75) is 45.6 Å². The normalized spacial score (nSPS) is 22.3. The first-order chi connectivity index (χ1) is 9.49. The molecule has 0 bridgehead atoms. The van der Waals surface area contributed by atoms with Gasteiger partial charge >= 0.3 is 0 Å². The van der Waals surface area contributed by atoms with Crippen molar-refractivity contribution in [3.05, 3.63) is 39.4 Å². The fraction of sp³-hybridized carbons (Fsp3) is 0.533. The van der Waals surface area contributed by atoms with Crippen molar-refractivity contribution in [3.8, 4) is 0 Å². The molecule has 20 heavy (non-hydrogen) atoms. The minimum Gasteiger partial charge on any atom is -0.349 e. The Bertz CT molecular complexity index is 528. The van der Waals surface area contributed by atoms with Gasteiger partial charge in [-0.3, -0.25) is 14.9 Å². The Balaban J connectivity index is 2.13. The summed E-state index contributed by atoms with van der Waals surface area (Å²) >= 11 is 0. The maximum absolute atomic E-state index is 12.3. The molecule has 0 saturated heterocycles.